The van der Waals surface area contributed by atoms with Crippen molar-refractivity contribution in [3.8, 4) is 0 Å². The Kier molecular flexibility index (Phi) is 5.02. The van der Waals surface area contributed by atoms with E-state index < -0.39 is 48.0 Å². The largest absolute Gasteiger partial charge is 0.396 e. The molecule has 0 aliphatic carbocycles. The van der Waals surface area contributed by atoms with Crippen LogP contribution in [-0.2, 0) is 20.0 Å². The average molecular weight is 329 g/mol. The quantitative estimate of drug-likeness (QED) is 0.478. The van der Waals surface area contributed by atoms with Crippen LogP contribution < -0.4 is 15.6 Å². The second-order valence-electron chi connectivity index (χ2n) is 3.92. The number of halogens is 2. The van der Waals surface area contributed by atoms with Gasteiger partial charge in [0, 0.05) is 12.6 Å². The Labute approximate surface area is 115 Å². The Balaban J connectivity index is 2.82. The first kappa shape index (κ1) is 16.8. The molecular weight excluding hydrogens is 316 g/mol. The van der Waals surface area contributed by atoms with Gasteiger partial charge in [0.1, 0.15) is 16.5 Å². The number of hydrogen-bond acceptors (Lipinski definition) is 5. The minimum absolute atomic E-state index is 0.0869. The third kappa shape index (κ3) is 4.67. The van der Waals surface area contributed by atoms with Crippen molar-refractivity contribution in [2.75, 3.05) is 18.0 Å². The highest BCUT2D eigenvalue weighted by Gasteiger charge is 2.21. The summed E-state index contributed by atoms with van der Waals surface area (Å²) in [6.45, 7) is -0.268. The van der Waals surface area contributed by atoms with Crippen molar-refractivity contribution < 1.29 is 25.6 Å². The van der Waals surface area contributed by atoms with Crippen LogP contribution in [0.4, 0.5) is 14.5 Å². The molecule has 0 radical (unpaired) electrons. The summed E-state index contributed by atoms with van der Waals surface area (Å²) in [6, 6.07) is 1.00. The lowest BCUT2D eigenvalue weighted by Gasteiger charge is -2.08. The number of primary sulfonamides is 1. The van der Waals surface area contributed by atoms with Gasteiger partial charge in [-0.15, -0.1) is 0 Å². The number of hydrogen-bond donors (Lipinski definition) is 3. The predicted molar refractivity (Wildman–Crippen MR) is 68.6 cm³/mol. The smallest absolute Gasteiger partial charge is 0.243 e. The minimum Gasteiger partial charge on any atom is -0.396 e. The van der Waals surface area contributed by atoms with Crippen LogP contribution in [0.1, 0.15) is 6.42 Å². The van der Waals surface area contributed by atoms with E-state index in [0.717, 1.165) is 0 Å². The van der Waals surface area contributed by atoms with E-state index in [1.54, 1.807) is 0 Å². The molecule has 0 amide bonds. The van der Waals surface area contributed by atoms with E-state index >= 15 is 0 Å². The lowest BCUT2D eigenvalue weighted by molar-refractivity contribution is 0.543. The normalized spacial score (nSPS) is 12.6. The van der Waals surface area contributed by atoms with Gasteiger partial charge in [0.2, 0.25) is 20.0 Å². The molecule has 0 unspecified atom stereocenters. The highest BCUT2D eigenvalue weighted by Crippen LogP contribution is 2.20. The summed E-state index contributed by atoms with van der Waals surface area (Å²) >= 11 is 0. The van der Waals surface area contributed by atoms with Crippen molar-refractivity contribution in [2.45, 2.75) is 11.3 Å². The number of rotatable bonds is 6. The van der Waals surface area contributed by atoms with Crippen LogP contribution in [0.15, 0.2) is 17.0 Å². The predicted octanol–water partition coefficient (Wildman–Crippen LogP) is -0.496. The van der Waals surface area contributed by atoms with Gasteiger partial charge in [-0.25, -0.2) is 35.5 Å². The standard InChI is InChI=1S/C9H13F2N3O4S2/c10-6-4-7(11)9(5-8(6)12)20(17,18)14-2-1-3-19(13,15)16/h4-5,14H,1-3,12H2,(H2,13,15,16). The molecule has 20 heavy (non-hydrogen) atoms. The number of benzene rings is 1. The van der Waals surface area contributed by atoms with Crippen LogP contribution in [0.2, 0.25) is 0 Å². The van der Waals surface area contributed by atoms with Gasteiger partial charge in [0.05, 0.1) is 11.4 Å². The Morgan fingerprint density at radius 2 is 1.70 bits per heavy atom. The summed E-state index contributed by atoms with van der Waals surface area (Å²) in [4.78, 5) is -0.813. The van der Waals surface area contributed by atoms with Crippen molar-refractivity contribution in [3.63, 3.8) is 0 Å². The fourth-order valence-corrected chi connectivity index (χ4v) is 3.02. The number of nitrogens with two attached hydrogens (primary N) is 2. The van der Waals surface area contributed by atoms with E-state index in [9.17, 15) is 25.6 Å². The maximum Gasteiger partial charge on any atom is 0.243 e. The number of nitrogens with one attached hydrogen (secondary N) is 1. The highest BCUT2D eigenvalue weighted by atomic mass is 32.2. The van der Waals surface area contributed by atoms with Gasteiger partial charge in [-0.2, -0.15) is 0 Å². The summed E-state index contributed by atoms with van der Waals surface area (Å²) in [5, 5.41) is 4.73. The van der Waals surface area contributed by atoms with E-state index in [0.29, 0.717) is 12.1 Å². The first-order chi connectivity index (χ1) is 9.03. The van der Waals surface area contributed by atoms with E-state index in [-0.39, 0.29) is 13.0 Å². The molecule has 1 aromatic carbocycles. The third-order valence-corrected chi connectivity index (χ3v) is 4.57. The second-order valence-corrected chi connectivity index (χ2v) is 7.39. The molecule has 1 aromatic rings. The lowest BCUT2D eigenvalue weighted by atomic mass is 10.3. The number of nitrogen functional groups attached to an aromatic ring is 1. The van der Waals surface area contributed by atoms with E-state index in [2.05, 4.69) is 0 Å². The Hall–Kier alpha value is -1.30. The molecule has 0 saturated heterocycles. The Morgan fingerprint density at radius 1 is 1.10 bits per heavy atom. The summed E-state index contributed by atoms with van der Waals surface area (Å²) in [7, 11) is -7.96. The summed E-state index contributed by atoms with van der Waals surface area (Å²) < 4.78 is 73.0. The first-order valence-electron chi connectivity index (χ1n) is 5.27. The second kappa shape index (κ2) is 5.99. The van der Waals surface area contributed by atoms with Crippen molar-refractivity contribution >= 4 is 25.7 Å². The van der Waals surface area contributed by atoms with Gasteiger partial charge >= 0.3 is 0 Å². The maximum absolute atomic E-state index is 13.4. The SMILES string of the molecule is Nc1cc(S(=O)(=O)NCCCS(N)(=O)=O)c(F)cc1F. The topological polar surface area (TPSA) is 132 Å². The Morgan fingerprint density at radius 3 is 2.25 bits per heavy atom. The fourth-order valence-electron chi connectivity index (χ4n) is 1.31. The zero-order chi connectivity index (χ0) is 15.6. The van der Waals surface area contributed by atoms with Crippen LogP contribution in [0.5, 0.6) is 0 Å². The van der Waals surface area contributed by atoms with Crippen molar-refractivity contribution in [3.05, 3.63) is 23.8 Å². The van der Waals surface area contributed by atoms with Crippen LogP contribution in [0.3, 0.4) is 0 Å². The molecule has 0 bridgehead atoms. The van der Waals surface area contributed by atoms with Gasteiger partial charge in [0.25, 0.3) is 0 Å². The van der Waals surface area contributed by atoms with Gasteiger partial charge in [-0.3, -0.25) is 0 Å². The Bertz CT molecular complexity index is 704. The molecule has 1 rings (SSSR count). The molecular formula is C9H13F2N3O4S2. The zero-order valence-electron chi connectivity index (χ0n) is 10.1. The molecule has 0 aliphatic heterocycles. The van der Waals surface area contributed by atoms with Gasteiger partial charge in [-0.05, 0) is 12.5 Å². The van der Waals surface area contributed by atoms with Crippen LogP contribution in [0.25, 0.3) is 0 Å². The molecule has 5 N–H and O–H groups in total. The molecule has 0 atom stereocenters. The highest BCUT2D eigenvalue weighted by molar-refractivity contribution is 7.89. The molecule has 0 aliphatic rings. The van der Waals surface area contributed by atoms with Gasteiger partial charge < -0.3 is 5.73 Å². The third-order valence-electron chi connectivity index (χ3n) is 2.24. The molecule has 0 saturated carbocycles. The lowest BCUT2D eigenvalue weighted by Crippen LogP contribution is -2.28. The molecule has 114 valence electrons. The van der Waals surface area contributed by atoms with Crippen LogP contribution in [-0.4, -0.2) is 29.1 Å². The van der Waals surface area contributed by atoms with E-state index in [1.807, 2.05) is 4.72 Å². The van der Waals surface area contributed by atoms with E-state index in [1.165, 1.54) is 0 Å². The van der Waals surface area contributed by atoms with Crippen molar-refractivity contribution in [2.24, 2.45) is 5.14 Å². The number of sulfonamides is 2. The fraction of sp³-hybridized carbons (Fsp3) is 0.333. The van der Waals surface area contributed by atoms with Crippen molar-refractivity contribution in [1.82, 2.24) is 4.72 Å². The summed E-state index contributed by atoms with van der Waals surface area (Å²) in [6.07, 6.45) is -0.0869. The number of anilines is 1. The summed E-state index contributed by atoms with van der Waals surface area (Å²) in [5.74, 6) is -2.80. The molecule has 0 heterocycles. The van der Waals surface area contributed by atoms with E-state index in [4.69, 9.17) is 10.9 Å². The summed E-state index contributed by atoms with van der Waals surface area (Å²) in [5.41, 5.74) is 4.65. The van der Waals surface area contributed by atoms with Crippen LogP contribution in [0, 0.1) is 11.6 Å². The molecule has 0 spiro atoms. The average Bonchev–Trinajstić information content (AvgIpc) is 2.28. The molecule has 0 fully saturated rings. The van der Waals surface area contributed by atoms with Gasteiger partial charge in [-0.1, -0.05) is 0 Å². The van der Waals surface area contributed by atoms with Gasteiger partial charge in [0.15, 0.2) is 0 Å². The maximum atomic E-state index is 13.4. The minimum atomic E-state index is -4.26. The first-order valence-corrected chi connectivity index (χ1v) is 8.47. The molecule has 7 nitrogen and oxygen atoms in total. The van der Waals surface area contributed by atoms with Crippen LogP contribution >= 0.6 is 0 Å². The molecule has 11 heteroatoms. The van der Waals surface area contributed by atoms with Crippen molar-refractivity contribution in [1.29, 1.82) is 0 Å². The monoisotopic (exact) mass is 329 g/mol. The molecule has 0 aromatic heterocycles. The zero-order valence-corrected chi connectivity index (χ0v) is 11.8.